The molecule has 0 unspecified atom stereocenters. The molecule has 2 heterocycles. The van der Waals surface area contributed by atoms with Crippen LogP contribution in [-0.2, 0) is 4.79 Å². The Morgan fingerprint density at radius 3 is 2.75 bits per heavy atom. The van der Waals surface area contributed by atoms with Crippen molar-refractivity contribution in [3.63, 3.8) is 0 Å². The molecule has 164 valence electrons. The van der Waals surface area contributed by atoms with E-state index >= 15 is 0 Å². The van der Waals surface area contributed by atoms with Crippen molar-refractivity contribution in [3.8, 4) is 11.5 Å². The zero-order valence-electron chi connectivity index (χ0n) is 17.4. The first kappa shape index (κ1) is 20.9. The number of nitrogens with zero attached hydrogens (tertiary/aromatic N) is 1. The Morgan fingerprint density at radius 2 is 2.00 bits per heavy atom. The van der Waals surface area contributed by atoms with Crippen molar-refractivity contribution in [2.75, 3.05) is 12.4 Å². The van der Waals surface area contributed by atoms with E-state index in [2.05, 4.69) is 10.5 Å². The highest BCUT2D eigenvalue weighted by molar-refractivity contribution is 6.35. The molecular formula is C24H20Cl2N2O4. The van der Waals surface area contributed by atoms with E-state index in [1.165, 1.54) is 7.11 Å². The van der Waals surface area contributed by atoms with Gasteiger partial charge in [-0.3, -0.25) is 4.79 Å². The first-order valence-electron chi connectivity index (χ1n) is 10.2. The average Bonchev–Trinajstić information content (AvgIpc) is 3.13. The van der Waals surface area contributed by atoms with Gasteiger partial charge in [-0.05, 0) is 54.7 Å². The molecule has 0 fully saturated rings. The Hall–Kier alpha value is -2.96. The third-order valence-electron chi connectivity index (χ3n) is 6.21. The van der Waals surface area contributed by atoms with Gasteiger partial charge in [-0.15, -0.1) is 0 Å². The summed E-state index contributed by atoms with van der Waals surface area (Å²) in [7, 11) is 1.50. The van der Waals surface area contributed by atoms with Gasteiger partial charge in [0.15, 0.2) is 17.3 Å². The molecule has 0 amide bonds. The van der Waals surface area contributed by atoms with E-state index in [9.17, 15) is 9.90 Å². The normalized spacial score (nSPS) is 19.9. The molecule has 0 bridgehead atoms. The number of ether oxygens (including phenoxy) is 1. The Labute approximate surface area is 194 Å². The number of nitrogens with one attached hydrogen (secondary N) is 1. The number of methoxy groups -OCH3 is 1. The second kappa shape index (κ2) is 7.87. The second-order valence-corrected chi connectivity index (χ2v) is 8.93. The number of aromatic nitrogens is 1. The quantitative estimate of drug-likeness (QED) is 0.490. The van der Waals surface area contributed by atoms with Crippen molar-refractivity contribution in [3.05, 3.63) is 80.1 Å². The van der Waals surface area contributed by atoms with Crippen molar-refractivity contribution in [2.45, 2.75) is 31.6 Å². The summed E-state index contributed by atoms with van der Waals surface area (Å²) in [4.78, 5) is 13.5. The van der Waals surface area contributed by atoms with Crippen LogP contribution in [-0.4, -0.2) is 23.2 Å². The molecule has 32 heavy (non-hydrogen) atoms. The molecule has 2 N–H and O–H groups in total. The summed E-state index contributed by atoms with van der Waals surface area (Å²) in [5.74, 6) is 0.529. The molecule has 3 aromatic rings. The first-order chi connectivity index (χ1) is 15.4. The van der Waals surface area contributed by atoms with Gasteiger partial charge in [0.25, 0.3) is 0 Å². The van der Waals surface area contributed by atoms with Gasteiger partial charge in [0.1, 0.15) is 0 Å². The maximum absolute atomic E-state index is 13.5. The standard InChI is InChI=1S/C24H20Cl2N2O4/c1-11-21-22(15-5-4-14(25)10-16(15)26)23-17(27-24(21)32-28-11)7-13(8-19(23)30)12-3-6-18(29)20(9-12)31-2/h3-6,9-10,13,22,27,29H,7-8H2,1-2H3/t13-,22-/m0/s1. The number of carbonyl (C=O) groups is 1. The molecule has 1 aliphatic carbocycles. The Morgan fingerprint density at radius 1 is 1.19 bits per heavy atom. The molecule has 5 rings (SSSR count). The first-order valence-corrected chi connectivity index (χ1v) is 10.9. The number of rotatable bonds is 3. The van der Waals surface area contributed by atoms with Gasteiger partial charge in [0.05, 0.1) is 18.4 Å². The number of ketones is 1. The number of aromatic hydroxyl groups is 1. The lowest BCUT2D eigenvalue weighted by atomic mass is 9.72. The van der Waals surface area contributed by atoms with Gasteiger partial charge in [0.2, 0.25) is 5.88 Å². The van der Waals surface area contributed by atoms with E-state index in [1.54, 1.807) is 24.3 Å². The number of fused-ring (bicyclic) bond motifs is 1. The van der Waals surface area contributed by atoms with E-state index in [0.29, 0.717) is 45.8 Å². The van der Waals surface area contributed by atoms with Crippen LogP contribution in [0.2, 0.25) is 10.0 Å². The molecule has 0 spiro atoms. The molecule has 0 saturated heterocycles. The third-order valence-corrected chi connectivity index (χ3v) is 6.77. The summed E-state index contributed by atoms with van der Waals surface area (Å²) < 4.78 is 10.8. The number of Topliss-reactive ketones (excluding diaryl/α,β-unsaturated/α-hetero) is 1. The number of halogens is 2. The van der Waals surface area contributed by atoms with Gasteiger partial charge in [-0.2, -0.15) is 0 Å². The van der Waals surface area contributed by atoms with E-state index in [-0.39, 0.29) is 23.4 Å². The monoisotopic (exact) mass is 470 g/mol. The summed E-state index contributed by atoms with van der Waals surface area (Å²) in [6, 6.07) is 10.5. The molecule has 0 saturated carbocycles. The minimum Gasteiger partial charge on any atom is -0.504 e. The molecule has 1 aromatic heterocycles. The van der Waals surface area contributed by atoms with Crippen LogP contribution in [0.4, 0.5) is 5.88 Å². The molecule has 2 atom stereocenters. The van der Waals surface area contributed by atoms with E-state index in [0.717, 1.165) is 22.4 Å². The predicted molar refractivity (Wildman–Crippen MR) is 122 cm³/mol. The minimum absolute atomic E-state index is 0.0260. The largest absolute Gasteiger partial charge is 0.504 e. The summed E-state index contributed by atoms with van der Waals surface area (Å²) >= 11 is 12.7. The molecular weight excluding hydrogens is 451 g/mol. The van der Waals surface area contributed by atoms with Crippen LogP contribution >= 0.6 is 23.2 Å². The molecule has 2 aliphatic rings. The van der Waals surface area contributed by atoms with Gasteiger partial charge >= 0.3 is 0 Å². The van der Waals surface area contributed by atoms with Crippen molar-refractivity contribution in [1.82, 2.24) is 5.16 Å². The fourth-order valence-electron chi connectivity index (χ4n) is 4.70. The molecule has 6 nitrogen and oxygen atoms in total. The van der Waals surface area contributed by atoms with Crippen LogP contribution in [0.5, 0.6) is 11.5 Å². The van der Waals surface area contributed by atoms with Crippen LogP contribution in [0.1, 0.15) is 47.1 Å². The SMILES string of the molecule is COc1cc([C@@H]2CC(=O)C3=C(C2)Nc2onc(C)c2[C@@H]3c2ccc(Cl)cc2Cl)ccc1O. The van der Waals surface area contributed by atoms with Gasteiger partial charge < -0.3 is 19.7 Å². The number of phenolic OH excluding ortho intramolecular Hbond substituents is 1. The number of hydrogen-bond donors (Lipinski definition) is 2. The van der Waals surface area contributed by atoms with Crippen LogP contribution in [0.15, 0.2) is 52.2 Å². The highest BCUT2D eigenvalue weighted by Gasteiger charge is 2.41. The maximum atomic E-state index is 13.5. The number of hydrogen-bond acceptors (Lipinski definition) is 6. The summed E-state index contributed by atoms with van der Waals surface area (Å²) in [5, 5.41) is 18.4. The summed E-state index contributed by atoms with van der Waals surface area (Å²) in [6.07, 6.45) is 0.922. The van der Waals surface area contributed by atoms with E-state index < -0.39 is 0 Å². The second-order valence-electron chi connectivity index (χ2n) is 8.09. The predicted octanol–water partition coefficient (Wildman–Crippen LogP) is 5.96. The smallest absolute Gasteiger partial charge is 0.233 e. The van der Waals surface area contributed by atoms with Gasteiger partial charge in [-0.25, -0.2) is 0 Å². The lowest BCUT2D eigenvalue weighted by Gasteiger charge is -2.34. The van der Waals surface area contributed by atoms with E-state index in [4.69, 9.17) is 32.5 Å². The average molecular weight is 471 g/mol. The fourth-order valence-corrected chi connectivity index (χ4v) is 5.22. The fraction of sp³-hybridized carbons (Fsp3) is 0.250. The lowest BCUT2D eigenvalue weighted by molar-refractivity contribution is -0.116. The number of aryl methyl sites for hydroxylation is 1. The zero-order chi connectivity index (χ0) is 22.6. The lowest BCUT2D eigenvalue weighted by Crippen LogP contribution is -2.29. The molecule has 2 aromatic carbocycles. The van der Waals surface area contributed by atoms with Crippen molar-refractivity contribution in [1.29, 1.82) is 0 Å². The summed E-state index contributed by atoms with van der Waals surface area (Å²) in [5.41, 5.74) is 4.69. The number of phenols is 1. The molecule has 8 heteroatoms. The highest BCUT2D eigenvalue weighted by Crippen LogP contribution is 2.50. The zero-order valence-corrected chi connectivity index (χ0v) is 18.9. The number of allylic oxidation sites excluding steroid dienone is 2. The highest BCUT2D eigenvalue weighted by atomic mass is 35.5. The van der Waals surface area contributed by atoms with Gasteiger partial charge in [0, 0.05) is 33.7 Å². The topological polar surface area (TPSA) is 84.6 Å². The Bertz CT molecular complexity index is 1280. The van der Waals surface area contributed by atoms with Crippen molar-refractivity contribution < 1.29 is 19.2 Å². The number of carbonyl (C=O) groups excluding carboxylic acids is 1. The van der Waals surface area contributed by atoms with Crippen LogP contribution < -0.4 is 10.1 Å². The Balaban J connectivity index is 1.61. The van der Waals surface area contributed by atoms with Crippen LogP contribution in [0, 0.1) is 6.92 Å². The number of benzene rings is 2. The maximum Gasteiger partial charge on any atom is 0.233 e. The van der Waals surface area contributed by atoms with Crippen molar-refractivity contribution >= 4 is 34.9 Å². The minimum atomic E-state index is -0.389. The summed E-state index contributed by atoms with van der Waals surface area (Å²) in [6.45, 7) is 1.85. The van der Waals surface area contributed by atoms with Crippen molar-refractivity contribution in [2.24, 2.45) is 0 Å². The van der Waals surface area contributed by atoms with Crippen LogP contribution in [0.3, 0.4) is 0 Å². The molecule has 0 radical (unpaired) electrons. The third kappa shape index (κ3) is 3.34. The van der Waals surface area contributed by atoms with E-state index in [1.807, 2.05) is 19.1 Å². The molecule has 1 aliphatic heterocycles. The number of anilines is 1. The van der Waals surface area contributed by atoms with Crippen LogP contribution in [0.25, 0.3) is 0 Å². The van der Waals surface area contributed by atoms with Gasteiger partial charge in [-0.1, -0.05) is 40.5 Å². The Kier molecular flexibility index (Phi) is 5.14.